The molecular formula is C25H18Cl2F3N5O2. The molecule has 0 saturated heterocycles. The van der Waals surface area contributed by atoms with E-state index in [9.17, 15) is 18.0 Å². The number of pyridine rings is 1. The van der Waals surface area contributed by atoms with E-state index in [0.29, 0.717) is 27.0 Å². The first-order valence-electron chi connectivity index (χ1n) is 10.9. The number of nitrogens with zero attached hydrogens (tertiary/aromatic N) is 4. The zero-order valence-corrected chi connectivity index (χ0v) is 20.6. The Morgan fingerprint density at radius 1 is 0.973 bits per heavy atom. The van der Waals surface area contributed by atoms with Crippen LogP contribution in [-0.4, -0.2) is 25.7 Å². The number of aryl methyl sites for hydroxylation is 1. The van der Waals surface area contributed by atoms with E-state index < -0.39 is 23.7 Å². The Morgan fingerprint density at radius 2 is 1.59 bits per heavy atom. The summed E-state index contributed by atoms with van der Waals surface area (Å²) in [6.07, 6.45) is -4.63. The average Bonchev–Trinajstić information content (AvgIpc) is 3.16. The van der Waals surface area contributed by atoms with Crippen molar-refractivity contribution in [2.75, 3.05) is 5.43 Å². The quantitative estimate of drug-likeness (QED) is 0.364. The van der Waals surface area contributed by atoms with E-state index >= 15 is 0 Å². The molecule has 1 N–H and O–H groups in total. The molecule has 1 atom stereocenters. The molecule has 0 spiro atoms. The number of ether oxygens (including phenoxy) is 1. The second-order valence-corrected chi connectivity index (χ2v) is 9.10. The largest absolute Gasteiger partial charge is 0.417 e. The number of rotatable bonds is 5. The van der Waals surface area contributed by atoms with Crippen LogP contribution in [0.25, 0.3) is 11.1 Å². The normalized spacial score (nSPS) is 15.5. The summed E-state index contributed by atoms with van der Waals surface area (Å²) < 4.78 is 47.4. The fourth-order valence-electron chi connectivity index (χ4n) is 3.97. The van der Waals surface area contributed by atoms with E-state index in [-0.39, 0.29) is 12.3 Å². The van der Waals surface area contributed by atoms with Crippen molar-refractivity contribution in [2.45, 2.75) is 19.0 Å². The van der Waals surface area contributed by atoms with Gasteiger partial charge in [-0.1, -0.05) is 47.5 Å². The molecule has 1 aliphatic rings. The van der Waals surface area contributed by atoms with Crippen LogP contribution in [0.1, 0.15) is 28.2 Å². The van der Waals surface area contributed by atoms with Gasteiger partial charge in [-0.3, -0.25) is 10.4 Å². The van der Waals surface area contributed by atoms with E-state index in [1.54, 1.807) is 48.5 Å². The van der Waals surface area contributed by atoms with Gasteiger partial charge < -0.3 is 4.74 Å². The van der Waals surface area contributed by atoms with E-state index in [1.807, 2.05) is 0 Å². The number of hydrogen-bond acceptors (Lipinski definition) is 5. The lowest BCUT2D eigenvalue weighted by atomic mass is 9.92. The van der Waals surface area contributed by atoms with Crippen LogP contribution >= 0.6 is 23.2 Å². The molecule has 2 aromatic heterocycles. The van der Waals surface area contributed by atoms with Gasteiger partial charge in [0, 0.05) is 34.4 Å². The molecule has 12 heteroatoms. The maximum absolute atomic E-state index is 12.9. The molecule has 4 aromatic rings. The van der Waals surface area contributed by atoms with Gasteiger partial charge in [-0.15, -0.1) is 5.10 Å². The van der Waals surface area contributed by atoms with Crippen molar-refractivity contribution in [3.05, 3.63) is 116 Å². The highest BCUT2D eigenvalue weighted by Crippen LogP contribution is 2.37. The van der Waals surface area contributed by atoms with Crippen LogP contribution < -0.4 is 11.1 Å². The first-order chi connectivity index (χ1) is 17.6. The van der Waals surface area contributed by atoms with Crippen LogP contribution in [0.3, 0.4) is 0 Å². The summed E-state index contributed by atoms with van der Waals surface area (Å²) in [5, 5.41) is 5.49. The fourth-order valence-corrected chi connectivity index (χ4v) is 4.22. The van der Waals surface area contributed by atoms with Crippen LogP contribution in [0.15, 0.2) is 71.7 Å². The minimum absolute atomic E-state index is 0.134. The van der Waals surface area contributed by atoms with Gasteiger partial charge in [-0.2, -0.15) is 17.8 Å². The van der Waals surface area contributed by atoms with E-state index in [4.69, 9.17) is 27.9 Å². The van der Waals surface area contributed by atoms with Crippen molar-refractivity contribution >= 4 is 34.3 Å². The summed E-state index contributed by atoms with van der Waals surface area (Å²) in [6.45, 7) is -0.134. The molecule has 1 unspecified atom stereocenters. The number of aromatic nitrogens is 4. The zero-order valence-electron chi connectivity index (χ0n) is 19.1. The molecule has 1 aliphatic heterocycles. The fraction of sp³-hybridized carbons (Fsp3) is 0.160. The molecule has 37 heavy (non-hydrogen) atoms. The molecule has 5 rings (SSSR count). The molecule has 0 radical (unpaired) electrons. The van der Waals surface area contributed by atoms with Gasteiger partial charge in [0.2, 0.25) is 0 Å². The number of halogens is 5. The Labute approximate surface area is 218 Å². The third-order valence-electron chi connectivity index (χ3n) is 5.76. The van der Waals surface area contributed by atoms with Crippen molar-refractivity contribution in [1.29, 1.82) is 0 Å². The number of benzene rings is 2. The van der Waals surface area contributed by atoms with Gasteiger partial charge in [-0.25, -0.2) is 9.48 Å². The third-order valence-corrected chi connectivity index (χ3v) is 6.27. The standard InChI is InChI=1S/C25H18Cl2F3N5O2/c1-34-24(36)35-22(32-34)20(14-2-7-17(26)8-3-14)21(15-4-9-18(27)10-5-15)23(33-35)37-13-19-11-6-16(12-31-19)25(28,29)30/h2-12,23,33H,13H2,1H3. The molecule has 0 amide bonds. The molecular weight excluding hydrogens is 530 g/mol. The van der Waals surface area contributed by atoms with Crippen LogP contribution in [0, 0.1) is 0 Å². The Hall–Kier alpha value is -3.60. The summed E-state index contributed by atoms with van der Waals surface area (Å²) >= 11 is 12.2. The Bertz CT molecular complexity index is 1530. The topological polar surface area (TPSA) is 74.0 Å². The second-order valence-electron chi connectivity index (χ2n) is 8.22. The molecule has 2 aromatic carbocycles. The molecule has 0 aliphatic carbocycles. The predicted octanol–water partition coefficient (Wildman–Crippen LogP) is 5.36. The summed E-state index contributed by atoms with van der Waals surface area (Å²) in [7, 11) is 1.53. The van der Waals surface area contributed by atoms with Gasteiger partial charge in [0.25, 0.3) is 0 Å². The van der Waals surface area contributed by atoms with Crippen LogP contribution in [-0.2, 0) is 24.6 Å². The second kappa shape index (κ2) is 9.70. The van der Waals surface area contributed by atoms with Gasteiger partial charge in [0.15, 0.2) is 12.1 Å². The third kappa shape index (κ3) is 5.00. The molecule has 0 bridgehead atoms. The molecule has 3 heterocycles. The predicted molar refractivity (Wildman–Crippen MR) is 133 cm³/mol. The van der Waals surface area contributed by atoms with Crippen LogP contribution in [0.5, 0.6) is 0 Å². The zero-order chi connectivity index (χ0) is 26.3. The molecule has 0 fully saturated rings. The van der Waals surface area contributed by atoms with E-state index in [0.717, 1.165) is 23.4 Å². The van der Waals surface area contributed by atoms with Crippen molar-refractivity contribution in [3.8, 4) is 0 Å². The lowest BCUT2D eigenvalue weighted by molar-refractivity contribution is -0.137. The van der Waals surface area contributed by atoms with Crippen molar-refractivity contribution < 1.29 is 17.9 Å². The summed E-state index contributed by atoms with van der Waals surface area (Å²) in [6, 6.07) is 16.3. The minimum atomic E-state index is -4.49. The highest BCUT2D eigenvalue weighted by atomic mass is 35.5. The first kappa shape index (κ1) is 25.1. The number of nitrogens with one attached hydrogen (secondary N) is 1. The summed E-state index contributed by atoms with van der Waals surface area (Å²) in [5.41, 5.74) is 4.75. The number of alkyl halides is 3. The van der Waals surface area contributed by atoms with Crippen molar-refractivity contribution in [3.63, 3.8) is 0 Å². The monoisotopic (exact) mass is 547 g/mol. The van der Waals surface area contributed by atoms with Crippen LogP contribution in [0.4, 0.5) is 13.2 Å². The van der Waals surface area contributed by atoms with E-state index in [2.05, 4.69) is 15.5 Å². The maximum Gasteiger partial charge on any atom is 0.417 e. The Balaban J connectivity index is 1.62. The lowest BCUT2D eigenvalue weighted by Gasteiger charge is -2.31. The first-order valence-corrected chi connectivity index (χ1v) is 11.7. The summed E-state index contributed by atoms with van der Waals surface area (Å²) in [5.74, 6) is 0.354. The SMILES string of the molecule is Cn1nc2n(c1=O)NC(OCc1ccc(C(F)(F)F)cn1)C(c1ccc(Cl)cc1)=C2c1ccc(Cl)cc1. The minimum Gasteiger partial charge on any atom is -0.347 e. The summed E-state index contributed by atoms with van der Waals surface area (Å²) in [4.78, 5) is 16.7. The van der Waals surface area contributed by atoms with E-state index in [1.165, 1.54) is 22.5 Å². The van der Waals surface area contributed by atoms with Gasteiger partial charge in [0.05, 0.1) is 17.9 Å². The van der Waals surface area contributed by atoms with Gasteiger partial charge >= 0.3 is 11.9 Å². The van der Waals surface area contributed by atoms with Crippen molar-refractivity contribution in [1.82, 2.24) is 19.4 Å². The Morgan fingerprint density at radius 3 is 2.16 bits per heavy atom. The smallest absolute Gasteiger partial charge is 0.347 e. The van der Waals surface area contributed by atoms with Crippen LogP contribution in [0.2, 0.25) is 10.0 Å². The van der Waals surface area contributed by atoms with Gasteiger partial charge in [0.1, 0.15) is 0 Å². The number of hydrogen-bond donors (Lipinski definition) is 1. The maximum atomic E-state index is 12.9. The highest BCUT2D eigenvalue weighted by molar-refractivity contribution is 6.31. The Kier molecular flexibility index (Phi) is 6.57. The number of fused-ring (bicyclic) bond motifs is 1. The molecule has 7 nitrogen and oxygen atoms in total. The molecule has 190 valence electrons. The lowest BCUT2D eigenvalue weighted by Crippen LogP contribution is -2.42. The van der Waals surface area contributed by atoms with Crippen molar-refractivity contribution in [2.24, 2.45) is 7.05 Å². The average molecular weight is 548 g/mol. The highest BCUT2D eigenvalue weighted by Gasteiger charge is 2.34. The van der Waals surface area contributed by atoms with Gasteiger partial charge in [-0.05, 0) is 47.5 Å². The molecule has 0 saturated carbocycles.